The lowest BCUT2D eigenvalue weighted by atomic mass is 9.98. The lowest BCUT2D eigenvalue weighted by Crippen LogP contribution is -2.09. The molecule has 25 heavy (non-hydrogen) atoms. The monoisotopic (exact) mass is 356 g/mol. The standard InChI is InChI=1S/C20H21ClN2O2/c1-4-12(3)13-7-9-18-17(10-13)23-20(25-18)14-6-8-15(21)16(11-14)22-19(24)5-2/h6-12H,4-5H2,1-3H3,(H,22,24)/t12-/m1/s1. The van der Waals surface area contributed by atoms with Crippen molar-refractivity contribution in [3.8, 4) is 11.5 Å². The van der Waals surface area contributed by atoms with E-state index in [1.54, 1.807) is 19.1 Å². The summed E-state index contributed by atoms with van der Waals surface area (Å²) in [6, 6.07) is 11.5. The van der Waals surface area contributed by atoms with E-state index in [1.807, 2.05) is 12.1 Å². The molecule has 4 nitrogen and oxygen atoms in total. The molecule has 0 bridgehead atoms. The van der Waals surface area contributed by atoms with Gasteiger partial charge in [-0.2, -0.15) is 0 Å². The van der Waals surface area contributed by atoms with Gasteiger partial charge in [-0.25, -0.2) is 4.98 Å². The van der Waals surface area contributed by atoms with Gasteiger partial charge in [0.2, 0.25) is 11.8 Å². The van der Waals surface area contributed by atoms with Crippen molar-refractivity contribution in [2.75, 3.05) is 5.32 Å². The molecule has 0 aliphatic heterocycles. The van der Waals surface area contributed by atoms with Crippen LogP contribution < -0.4 is 5.32 Å². The minimum atomic E-state index is -0.0881. The van der Waals surface area contributed by atoms with E-state index in [0.29, 0.717) is 28.9 Å². The molecule has 1 aromatic heterocycles. The van der Waals surface area contributed by atoms with Crippen molar-refractivity contribution in [2.45, 2.75) is 39.5 Å². The predicted molar refractivity (Wildman–Crippen MR) is 102 cm³/mol. The van der Waals surface area contributed by atoms with Crippen LogP contribution in [0.4, 0.5) is 5.69 Å². The Labute approximate surface area is 152 Å². The van der Waals surface area contributed by atoms with Crippen LogP contribution in [0.5, 0.6) is 0 Å². The summed E-state index contributed by atoms with van der Waals surface area (Å²) in [7, 11) is 0. The molecule has 2 aromatic carbocycles. The Morgan fingerprint density at radius 3 is 2.76 bits per heavy atom. The van der Waals surface area contributed by atoms with E-state index in [2.05, 4.69) is 36.3 Å². The molecule has 1 N–H and O–H groups in total. The van der Waals surface area contributed by atoms with Crippen LogP contribution in [0.15, 0.2) is 40.8 Å². The first-order chi connectivity index (χ1) is 12.0. The number of carbonyl (C=O) groups is 1. The molecule has 130 valence electrons. The Morgan fingerprint density at radius 1 is 1.24 bits per heavy atom. The molecule has 3 aromatic rings. The predicted octanol–water partition coefficient (Wildman–Crippen LogP) is 6.01. The second-order valence-corrected chi connectivity index (χ2v) is 6.56. The maximum absolute atomic E-state index is 11.6. The maximum Gasteiger partial charge on any atom is 0.227 e. The highest BCUT2D eigenvalue weighted by Gasteiger charge is 2.13. The van der Waals surface area contributed by atoms with Gasteiger partial charge < -0.3 is 9.73 Å². The molecule has 0 aliphatic rings. The number of hydrogen-bond acceptors (Lipinski definition) is 3. The minimum absolute atomic E-state index is 0.0881. The smallest absolute Gasteiger partial charge is 0.227 e. The fraction of sp³-hybridized carbons (Fsp3) is 0.300. The summed E-state index contributed by atoms with van der Waals surface area (Å²) in [4.78, 5) is 16.3. The van der Waals surface area contributed by atoms with Gasteiger partial charge in [0, 0.05) is 12.0 Å². The van der Waals surface area contributed by atoms with Crippen LogP contribution in [0, 0.1) is 0 Å². The lowest BCUT2D eigenvalue weighted by Gasteiger charge is -2.07. The van der Waals surface area contributed by atoms with Gasteiger partial charge in [-0.3, -0.25) is 4.79 Å². The number of halogens is 1. The highest BCUT2D eigenvalue weighted by molar-refractivity contribution is 6.33. The molecule has 0 radical (unpaired) electrons. The Bertz CT molecular complexity index is 917. The van der Waals surface area contributed by atoms with Crippen LogP contribution in [0.25, 0.3) is 22.6 Å². The Kier molecular flexibility index (Phi) is 5.09. The third kappa shape index (κ3) is 3.69. The molecule has 3 rings (SSSR count). The van der Waals surface area contributed by atoms with Crippen LogP contribution in [0.2, 0.25) is 5.02 Å². The number of hydrogen-bond donors (Lipinski definition) is 1. The van der Waals surface area contributed by atoms with Crippen LogP contribution >= 0.6 is 11.6 Å². The number of rotatable bonds is 5. The van der Waals surface area contributed by atoms with E-state index in [1.165, 1.54) is 5.56 Å². The second-order valence-electron chi connectivity index (χ2n) is 6.15. The highest BCUT2D eigenvalue weighted by Crippen LogP contribution is 2.31. The second kappa shape index (κ2) is 7.28. The molecule has 0 fully saturated rings. The Balaban J connectivity index is 1.98. The van der Waals surface area contributed by atoms with E-state index >= 15 is 0 Å². The summed E-state index contributed by atoms with van der Waals surface area (Å²) in [5.41, 5.74) is 4.17. The third-order valence-electron chi connectivity index (χ3n) is 4.40. The van der Waals surface area contributed by atoms with E-state index in [0.717, 1.165) is 23.1 Å². The number of nitrogens with zero attached hydrogens (tertiary/aromatic N) is 1. The third-order valence-corrected chi connectivity index (χ3v) is 4.73. The van der Waals surface area contributed by atoms with E-state index < -0.39 is 0 Å². The van der Waals surface area contributed by atoms with Gasteiger partial charge in [0.05, 0.1) is 10.7 Å². The zero-order chi connectivity index (χ0) is 18.0. The van der Waals surface area contributed by atoms with Crippen molar-refractivity contribution in [2.24, 2.45) is 0 Å². The molecule has 0 saturated carbocycles. The fourth-order valence-corrected chi connectivity index (χ4v) is 2.77. The molecule has 0 spiro atoms. The highest BCUT2D eigenvalue weighted by atomic mass is 35.5. The van der Waals surface area contributed by atoms with Gasteiger partial charge in [0.1, 0.15) is 5.52 Å². The SMILES string of the molecule is CCC(=O)Nc1cc(-c2nc3cc([C@H](C)CC)ccc3o2)ccc1Cl. The van der Waals surface area contributed by atoms with E-state index in [9.17, 15) is 4.79 Å². The normalized spacial score (nSPS) is 12.3. The van der Waals surface area contributed by atoms with Gasteiger partial charge >= 0.3 is 0 Å². The number of amides is 1. The molecule has 0 unspecified atom stereocenters. The molecule has 0 saturated heterocycles. The van der Waals surface area contributed by atoms with Crippen LogP contribution in [0.3, 0.4) is 0 Å². The summed E-state index contributed by atoms with van der Waals surface area (Å²) in [6.07, 6.45) is 1.47. The van der Waals surface area contributed by atoms with E-state index in [-0.39, 0.29) is 5.91 Å². The zero-order valence-corrected chi connectivity index (χ0v) is 15.4. The van der Waals surface area contributed by atoms with Crippen molar-refractivity contribution in [1.82, 2.24) is 4.98 Å². The summed E-state index contributed by atoms with van der Waals surface area (Å²) in [6.45, 7) is 6.16. The largest absolute Gasteiger partial charge is 0.436 e. The van der Waals surface area contributed by atoms with Crippen molar-refractivity contribution in [3.63, 3.8) is 0 Å². The van der Waals surface area contributed by atoms with Gasteiger partial charge in [0.25, 0.3) is 0 Å². The molecule has 1 heterocycles. The van der Waals surface area contributed by atoms with Crippen molar-refractivity contribution < 1.29 is 9.21 Å². The van der Waals surface area contributed by atoms with Gasteiger partial charge in [-0.05, 0) is 48.2 Å². The van der Waals surface area contributed by atoms with Crippen molar-refractivity contribution in [1.29, 1.82) is 0 Å². The minimum Gasteiger partial charge on any atom is -0.436 e. The average Bonchev–Trinajstić information content (AvgIpc) is 3.05. The Hall–Kier alpha value is -2.33. The van der Waals surface area contributed by atoms with Crippen LogP contribution in [0.1, 0.15) is 45.1 Å². The van der Waals surface area contributed by atoms with Crippen LogP contribution in [-0.2, 0) is 4.79 Å². The summed E-state index contributed by atoms with van der Waals surface area (Å²) >= 11 is 6.17. The number of fused-ring (bicyclic) bond motifs is 1. The number of anilines is 1. The molecule has 0 aliphatic carbocycles. The first-order valence-corrected chi connectivity index (χ1v) is 8.89. The first kappa shape index (κ1) is 17.5. The number of carbonyl (C=O) groups excluding carboxylic acids is 1. The first-order valence-electron chi connectivity index (χ1n) is 8.52. The van der Waals surface area contributed by atoms with Crippen molar-refractivity contribution in [3.05, 3.63) is 47.0 Å². The average molecular weight is 357 g/mol. The lowest BCUT2D eigenvalue weighted by molar-refractivity contribution is -0.115. The number of nitrogens with one attached hydrogen (secondary N) is 1. The Morgan fingerprint density at radius 2 is 2.04 bits per heavy atom. The summed E-state index contributed by atoms with van der Waals surface area (Å²) in [5, 5.41) is 3.28. The van der Waals surface area contributed by atoms with E-state index in [4.69, 9.17) is 16.0 Å². The molecular weight excluding hydrogens is 336 g/mol. The summed E-state index contributed by atoms with van der Waals surface area (Å²) in [5.74, 6) is 0.908. The van der Waals surface area contributed by atoms with Crippen LogP contribution in [-0.4, -0.2) is 10.9 Å². The van der Waals surface area contributed by atoms with Gasteiger partial charge in [-0.15, -0.1) is 0 Å². The molecule has 1 atom stereocenters. The van der Waals surface area contributed by atoms with Gasteiger partial charge in [0.15, 0.2) is 5.58 Å². The van der Waals surface area contributed by atoms with Crippen molar-refractivity contribution >= 4 is 34.3 Å². The zero-order valence-electron chi connectivity index (χ0n) is 14.6. The number of benzene rings is 2. The molecule has 1 amide bonds. The topological polar surface area (TPSA) is 55.1 Å². The quantitative estimate of drug-likeness (QED) is 0.609. The summed E-state index contributed by atoms with van der Waals surface area (Å²) < 4.78 is 5.88. The number of aromatic nitrogens is 1. The number of oxazole rings is 1. The van der Waals surface area contributed by atoms with Gasteiger partial charge in [-0.1, -0.05) is 38.4 Å². The molecule has 5 heteroatoms. The fourth-order valence-electron chi connectivity index (χ4n) is 2.60. The molecular formula is C20H21ClN2O2. The maximum atomic E-state index is 11.6.